The summed E-state index contributed by atoms with van der Waals surface area (Å²) in [6.07, 6.45) is 0. The van der Waals surface area contributed by atoms with Gasteiger partial charge in [-0.1, -0.05) is 12.1 Å². The van der Waals surface area contributed by atoms with Crippen LogP contribution in [0.5, 0.6) is 17.2 Å². The summed E-state index contributed by atoms with van der Waals surface area (Å²) in [4.78, 5) is 0. The van der Waals surface area contributed by atoms with Gasteiger partial charge in [0.15, 0.2) is 11.6 Å². The first-order valence-corrected chi connectivity index (χ1v) is 5.97. The van der Waals surface area contributed by atoms with Crippen molar-refractivity contribution >= 4 is 0 Å². The molecule has 0 saturated heterocycles. The molecule has 19 heavy (non-hydrogen) atoms. The van der Waals surface area contributed by atoms with Crippen LogP contribution in [0.2, 0.25) is 0 Å². The number of hydrogen-bond donors (Lipinski definition) is 1. The first-order valence-electron chi connectivity index (χ1n) is 5.97. The minimum absolute atomic E-state index is 0.169. The SMILES string of the molecule is COc1ccc(Oc2c(F)cccc2C(C)N)cc1. The minimum atomic E-state index is -0.425. The number of halogens is 1. The highest BCUT2D eigenvalue weighted by Crippen LogP contribution is 2.32. The first kappa shape index (κ1) is 13.4. The molecule has 0 saturated carbocycles. The van der Waals surface area contributed by atoms with E-state index in [1.165, 1.54) is 6.07 Å². The largest absolute Gasteiger partial charge is 0.497 e. The molecule has 2 aromatic rings. The van der Waals surface area contributed by atoms with Crippen molar-refractivity contribution in [2.24, 2.45) is 5.73 Å². The lowest BCUT2D eigenvalue weighted by Gasteiger charge is -2.14. The second-order valence-electron chi connectivity index (χ2n) is 4.22. The van der Waals surface area contributed by atoms with Crippen LogP contribution in [0, 0.1) is 5.82 Å². The monoisotopic (exact) mass is 261 g/mol. The molecule has 0 fully saturated rings. The van der Waals surface area contributed by atoms with Crippen LogP contribution in [0.4, 0.5) is 4.39 Å². The Morgan fingerprint density at radius 2 is 1.68 bits per heavy atom. The normalized spacial score (nSPS) is 12.0. The summed E-state index contributed by atoms with van der Waals surface area (Å²) in [6, 6.07) is 11.4. The Morgan fingerprint density at radius 1 is 1.05 bits per heavy atom. The van der Waals surface area contributed by atoms with Gasteiger partial charge in [-0.3, -0.25) is 0 Å². The second kappa shape index (κ2) is 5.71. The molecule has 1 unspecified atom stereocenters. The fourth-order valence-electron chi connectivity index (χ4n) is 1.75. The highest BCUT2D eigenvalue weighted by atomic mass is 19.1. The summed E-state index contributed by atoms with van der Waals surface area (Å²) in [6.45, 7) is 1.79. The third-order valence-electron chi connectivity index (χ3n) is 2.77. The molecule has 2 aromatic carbocycles. The molecule has 0 aromatic heterocycles. The predicted octanol–water partition coefficient (Wildman–Crippen LogP) is 3.65. The highest BCUT2D eigenvalue weighted by molar-refractivity contribution is 5.41. The fourth-order valence-corrected chi connectivity index (χ4v) is 1.75. The summed E-state index contributed by atoms with van der Waals surface area (Å²) in [5, 5.41) is 0. The van der Waals surface area contributed by atoms with Crippen LogP contribution < -0.4 is 15.2 Å². The van der Waals surface area contributed by atoms with Crippen LogP contribution in [0.1, 0.15) is 18.5 Å². The van der Waals surface area contributed by atoms with Gasteiger partial charge in [0.25, 0.3) is 0 Å². The second-order valence-corrected chi connectivity index (χ2v) is 4.22. The minimum Gasteiger partial charge on any atom is -0.497 e. The van der Waals surface area contributed by atoms with Gasteiger partial charge in [0.2, 0.25) is 0 Å². The summed E-state index contributed by atoms with van der Waals surface area (Å²) in [7, 11) is 1.58. The quantitative estimate of drug-likeness (QED) is 0.913. The van der Waals surface area contributed by atoms with E-state index in [4.69, 9.17) is 15.2 Å². The van der Waals surface area contributed by atoms with E-state index in [9.17, 15) is 4.39 Å². The van der Waals surface area contributed by atoms with Gasteiger partial charge >= 0.3 is 0 Å². The lowest BCUT2D eigenvalue weighted by Crippen LogP contribution is -2.07. The van der Waals surface area contributed by atoms with E-state index in [-0.39, 0.29) is 11.8 Å². The van der Waals surface area contributed by atoms with E-state index >= 15 is 0 Å². The van der Waals surface area contributed by atoms with Crippen LogP contribution in [0.15, 0.2) is 42.5 Å². The Kier molecular flexibility index (Phi) is 4.02. The Bertz CT molecular complexity index is 553. The number of methoxy groups -OCH3 is 1. The first-order chi connectivity index (χ1) is 9.11. The third kappa shape index (κ3) is 3.03. The summed E-state index contributed by atoms with van der Waals surface area (Å²) in [5.41, 5.74) is 6.45. The maximum Gasteiger partial charge on any atom is 0.167 e. The molecule has 1 atom stereocenters. The van der Waals surface area contributed by atoms with Crippen molar-refractivity contribution in [3.8, 4) is 17.2 Å². The maximum absolute atomic E-state index is 13.8. The number of benzene rings is 2. The number of rotatable bonds is 4. The van der Waals surface area contributed by atoms with Crippen LogP contribution in [-0.2, 0) is 0 Å². The zero-order valence-corrected chi connectivity index (χ0v) is 10.9. The summed E-state index contributed by atoms with van der Waals surface area (Å²) < 4.78 is 24.5. The van der Waals surface area contributed by atoms with Crippen molar-refractivity contribution in [3.63, 3.8) is 0 Å². The molecular weight excluding hydrogens is 245 g/mol. The standard InChI is InChI=1S/C15H16FNO2/c1-10(17)13-4-3-5-14(16)15(13)19-12-8-6-11(18-2)7-9-12/h3-10H,17H2,1-2H3. The molecule has 100 valence electrons. The van der Waals surface area contributed by atoms with E-state index in [0.29, 0.717) is 17.1 Å². The molecule has 2 N–H and O–H groups in total. The number of para-hydroxylation sites is 1. The van der Waals surface area contributed by atoms with Gasteiger partial charge in [0.1, 0.15) is 11.5 Å². The Morgan fingerprint density at radius 3 is 2.26 bits per heavy atom. The van der Waals surface area contributed by atoms with Gasteiger partial charge in [-0.15, -0.1) is 0 Å². The van der Waals surface area contributed by atoms with E-state index in [1.54, 1.807) is 50.4 Å². The van der Waals surface area contributed by atoms with Gasteiger partial charge in [-0.05, 0) is 37.3 Å². The lowest BCUT2D eigenvalue weighted by atomic mass is 10.1. The lowest BCUT2D eigenvalue weighted by molar-refractivity contribution is 0.410. The maximum atomic E-state index is 13.8. The summed E-state index contributed by atoms with van der Waals surface area (Å²) in [5.74, 6) is 0.995. The molecule has 0 aliphatic heterocycles. The Hall–Kier alpha value is -2.07. The van der Waals surface area contributed by atoms with Crippen LogP contribution >= 0.6 is 0 Å². The van der Waals surface area contributed by atoms with Gasteiger partial charge in [-0.25, -0.2) is 4.39 Å². The van der Waals surface area contributed by atoms with E-state index in [0.717, 1.165) is 0 Å². The molecule has 0 heterocycles. The van der Waals surface area contributed by atoms with E-state index < -0.39 is 5.82 Å². The molecule has 0 spiro atoms. The van der Waals surface area contributed by atoms with Crippen LogP contribution in [0.25, 0.3) is 0 Å². The van der Waals surface area contributed by atoms with Gasteiger partial charge in [0, 0.05) is 11.6 Å². The molecular formula is C15H16FNO2. The smallest absolute Gasteiger partial charge is 0.167 e. The van der Waals surface area contributed by atoms with Crippen molar-refractivity contribution in [2.75, 3.05) is 7.11 Å². The zero-order chi connectivity index (χ0) is 13.8. The molecule has 0 bridgehead atoms. The average molecular weight is 261 g/mol. The molecule has 0 aliphatic rings. The van der Waals surface area contributed by atoms with Crippen molar-refractivity contribution in [2.45, 2.75) is 13.0 Å². The van der Waals surface area contributed by atoms with Crippen LogP contribution in [0.3, 0.4) is 0 Å². The predicted molar refractivity (Wildman–Crippen MR) is 72.1 cm³/mol. The Labute approximate surface area is 111 Å². The molecule has 0 radical (unpaired) electrons. The number of hydrogen-bond acceptors (Lipinski definition) is 3. The molecule has 3 nitrogen and oxygen atoms in total. The fraction of sp³-hybridized carbons (Fsp3) is 0.200. The van der Waals surface area contributed by atoms with Gasteiger partial charge in [-0.2, -0.15) is 0 Å². The summed E-state index contributed by atoms with van der Waals surface area (Å²) >= 11 is 0. The van der Waals surface area contributed by atoms with Crippen molar-refractivity contribution in [1.29, 1.82) is 0 Å². The zero-order valence-electron chi connectivity index (χ0n) is 10.9. The van der Waals surface area contributed by atoms with Crippen LogP contribution in [-0.4, -0.2) is 7.11 Å². The van der Waals surface area contributed by atoms with Gasteiger partial charge in [0.05, 0.1) is 7.11 Å². The third-order valence-corrected chi connectivity index (χ3v) is 2.77. The van der Waals surface area contributed by atoms with Crippen molar-refractivity contribution < 1.29 is 13.9 Å². The van der Waals surface area contributed by atoms with Crippen molar-refractivity contribution in [1.82, 2.24) is 0 Å². The number of nitrogens with two attached hydrogens (primary N) is 1. The molecule has 2 rings (SSSR count). The topological polar surface area (TPSA) is 44.5 Å². The van der Waals surface area contributed by atoms with Gasteiger partial charge < -0.3 is 15.2 Å². The Balaban J connectivity index is 2.31. The number of ether oxygens (including phenoxy) is 2. The van der Waals surface area contributed by atoms with E-state index in [2.05, 4.69) is 0 Å². The molecule has 4 heteroatoms. The molecule has 0 amide bonds. The molecule has 0 aliphatic carbocycles. The highest BCUT2D eigenvalue weighted by Gasteiger charge is 2.13. The van der Waals surface area contributed by atoms with Crippen molar-refractivity contribution in [3.05, 3.63) is 53.8 Å². The van der Waals surface area contributed by atoms with E-state index in [1.807, 2.05) is 0 Å². The average Bonchev–Trinajstić information content (AvgIpc) is 2.41.